The fourth-order valence-corrected chi connectivity index (χ4v) is 2.08. The first-order valence-corrected chi connectivity index (χ1v) is 5.99. The van der Waals surface area contributed by atoms with Gasteiger partial charge in [-0.15, -0.1) is 0 Å². The predicted molar refractivity (Wildman–Crippen MR) is 66.4 cm³/mol. The van der Waals surface area contributed by atoms with Crippen molar-refractivity contribution in [2.24, 2.45) is 5.73 Å². The van der Waals surface area contributed by atoms with Crippen LogP contribution in [-0.4, -0.2) is 15.7 Å². The number of halogens is 2. The van der Waals surface area contributed by atoms with Gasteiger partial charge in [0.15, 0.2) is 0 Å². The minimum Gasteiger partial charge on any atom is -0.369 e. The van der Waals surface area contributed by atoms with E-state index in [1.54, 1.807) is 12.1 Å². The Bertz CT molecular complexity index is 437. The molecule has 0 bridgehead atoms. The maximum absolute atomic E-state index is 10.8. The highest BCUT2D eigenvalue weighted by molar-refractivity contribution is 9.10. The molecule has 1 aromatic carbocycles. The van der Waals surface area contributed by atoms with Crippen LogP contribution in [0.3, 0.4) is 0 Å². The van der Waals surface area contributed by atoms with Gasteiger partial charge in [0.1, 0.15) is 0 Å². The molecule has 1 rings (SSSR count). The maximum atomic E-state index is 10.8. The number of nitro benzene ring substituents is 1. The highest BCUT2D eigenvalue weighted by Crippen LogP contribution is 2.26. The summed E-state index contributed by atoms with van der Waals surface area (Å²) in [5, 5.41) is 10.6. The van der Waals surface area contributed by atoms with E-state index in [9.17, 15) is 14.9 Å². The molecule has 16 heavy (non-hydrogen) atoms. The van der Waals surface area contributed by atoms with Crippen LogP contribution in [0.2, 0.25) is 0 Å². The van der Waals surface area contributed by atoms with Gasteiger partial charge in [0, 0.05) is 6.07 Å². The van der Waals surface area contributed by atoms with Crippen LogP contribution < -0.4 is 5.73 Å². The van der Waals surface area contributed by atoms with E-state index in [-0.39, 0.29) is 5.69 Å². The molecule has 2 N–H and O–H groups in total. The molecule has 7 heteroatoms. The van der Waals surface area contributed by atoms with Gasteiger partial charge < -0.3 is 5.73 Å². The van der Waals surface area contributed by atoms with Crippen LogP contribution in [0.4, 0.5) is 5.69 Å². The SMILES string of the molecule is NC(=O)C(Br)Cc1ccc([N+](=O)[O-])c(Br)c1. The van der Waals surface area contributed by atoms with E-state index in [2.05, 4.69) is 31.9 Å². The molecule has 0 aliphatic heterocycles. The number of hydrogen-bond donors (Lipinski definition) is 1. The van der Waals surface area contributed by atoms with Crippen molar-refractivity contribution in [3.63, 3.8) is 0 Å². The van der Waals surface area contributed by atoms with Crippen LogP contribution in [0.5, 0.6) is 0 Å². The third-order valence-corrected chi connectivity index (χ3v) is 3.34. The number of carbonyl (C=O) groups excluding carboxylic acids is 1. The first-order valence-electron chi connectivity index (χ1n) is 4.28. The summed E-state index contributed by atoms with van der Waals surface area (Å²) in [5.41, 5.74) is 5.88. The molecule has 0 fully saturated rings. The Morgan fingerprint density at radius 3 is 2.62 bits per heavy atom. The Kier molecular flexibility index (Phi) is 4.43. The average Bonchev–Trinajstić information content (AvgIpc) is 2.16. The zero-order chi connectivity index (χ0) is 12.3. The van der Waals surface area contributed by atoms with Crippen LogP contribution in [-0.2, 0) is 11.2 Å². The molecular weight excluding hydrogens is 344 g/mol. The Hall–Kier alpha value is -0.950. The van der Waals surface area contributed by atoms with Gasteiger partial charge in [0.25, 0.3) is 5.69 Å². The van der Waals surface area contributed by atoms with Gasteiger partial charge in [-0.25, -0.2) is 0 Å². The lowest BCUT2D eigenvalue weighted by Crippen LogP contribution is -2.24. The molecule has 86 valence electrons. The molecule has 0 heterocycles. The number of alkyl halides is 1. The average molecular weight is 352 g/mol. The van der Waals surface area contributed by atoms with Crippen molar-refractivity contribution in [2.75, 3.05) is 0 Å². The molecule has 5 nitrogen and oxygen atoms in total. The summed E-state index contributed by atoms with van der Waals surface area (Å²) in [5.74, 6) is -0.463. The molecule has 1 amide bonds. The molecule has 0 aliphatic carbocycles. The molecular formula is C9H8Br2N2O3. The van der Waals surface area contributed by atoms with Crippen LogP contribution in [0.15, 0.2) is 22.7 Å². The molecule has 1 unspecified atom stereocenters. The number of nitrogens with two attached hydrogens (primary N) is 1. The van der Waals surface area contributed by atoms with Gasteiger partial charge in [0.2, 0.25) is 5.91 Å². The van der Waals surface area contributed by atoms with Crippen LogP contribution >= 0.6 is 31.9 Å². The lowest BCUT2D eigenvalue weighted by atomic mass is 10.1. The second-order valence-electron chi connectivity index (χ2n) is 3.12. The summed E-state index contributed by atoms with van der Waals surface area (Å²) in [6.07, 6.45) is 0.395. The van der Waals surface area contributed by atoms with Crippen molar-refractivity contribution in [3.8, 4) is 0 Å². The molecule has 0 aliphatic rings. The third-order valence-electron chi connectivity index (χ3n) is 1.93. The summed E-state index contributed by atoms with van der Waals surface area (Å²) in [7, 11) is 0. The van der Waals surface area contributed by atoms with Crippen molar-refractivity contribution in [1.82, 2.24) is 0 Å². The molecule has 1 aromatic rings. The molecule has 0 radical (unpaired) electrons. The van der Waals surface area contributed by atoms with Gasteiger partial charge in [-0.2, -0.15) is 0 Å². The van der Waals surface area contributed by atoms with E-state index in [1.807, 2.05) is 0 Å². The number of nitro groups is 1. The van der Waals surface area contributed by atoms with E-state index < -0.39 is 15.7 Å². The van der Waals surface area contributed by atoms with Gasteiger partial charge in [-0.05, 0) is 34.0 Å². The topological polar surface area (TPSA) is 86.2 Å². The van der Waals surface area contributed by atoms with Gasteiger partial charge in [-0.1, -0.05) is 22.0 Å². The summed E-state index contributed by atoms with van der Waals surface area (Å²) in [6.45, 7) is 0. The van der Waals surface area contributed by atoms with Gasteiger partial charge >= 0.3 is 0 Å². The lowest BCUT2D eigenvalue weighted by Gasteiger charge is -2.06. The van der Waals surface area contributed by atoms with E-state index >= 15 is 0 Å². The molecule has 0 spiro atoms. The second-order valence-corrected chi connectivity index (χ2v) is 5.08. The van der Waals surface area contributed by atoms with Crippen molar-refractivity contribution in [1.29, 1.82) is 0 Å². The Labute approximate surface area is 108 Å². The Morgan fingerprint density at radius 1 is 1.56 bits per heavy atom. The third kappa shape index (κ3) is 3.28. The fourth-order valence-electron chi connectivity index (χ4n) is 1.13. The zero-order valence-corrected chi connectivity index (χ0v) is 11.2. The fraction of sp³-hybridized carbons (Fsp3) is 0.222. The van der Waals surface area contributed by atoms with Crippen LogP contribution in [0.25, 0.3) is 0 Å². The number of hydrogen-bond acceptors (Lipinski definition) is 3. The monoisotopic (exact) mass is 350 g/mol. The highest BCUT2D eigenvalue weighted by Gasteiger charge is 2.15. The lowest BCUT2D eigenvalue weighted by molar-refractivity contribution is -0.385. The van der Waals surface area contributed by atoms with E-state index in [0.29, 0.717) is 10.9 Å². The van der Waals surface area contributed by atoms with Crippen LogP contribution in [0, 0.1) is 10.1 Å². The second kappa shape index (κ2) is 5.40. The molecule has 0 saturated carbocycles. The highest BCUT2D eigenvalue weighted by atomic mass is 79.9. The molecule has 0 saturated heterocycles. The smallest absolute Gasteiger partial charge is 0.283 e. The summed E-state index contributed by atoms with van der Waals surface area (Å²) >= 11 is 6.23. The van der Waals surface area contributed by atoms with Crippen LogP contribution in [0.1, 0.15) is 5.56 Å². The Morgan fingerprint density at radius 2 is 2.19 bits per heavy atom. The summed E-state index contributed by atoms with van der Waals surface area (Å²) in [4.78, 5) is 20.4. The summed E-state index contributed by atoms with van der Waals surface area (Å²) in [6, 6.07) is 4.59. The zero-order valence-electron chi connectivity index (χ0n) is 8.02. The van der Waals surface area contributed by atoms with E-state index in [4.69, 9.17) is 5.73 Å². The van der Waals surface area contributed by atoms with E-state index in [0.717, 1.165) is 5.56 Å². The first-order chi connectivity index (χ1) is 7.41. The largest absolute Gasteiger partial charge is 0.369 e. The molecule has 1 atom stereocenters. The Balaban J connectivity index is 2.89. The number of nitrogens with zero attached hydrogens (tertiary/aromatic N) is 1. The molecule has 0 aromatic heterocycles. The summed E-state index contributed by atoms with van der Waals surface area (Å²) < 4.78 is 0.388. The number of carbonyl (C=O) groups is 1. The predicted octanol–water partition coefficient (Wildman–Crippen LogP) is 2.15. The quantitative estimate of drug-likeness (QED) is 0.512. The number of rotatable bonds is 4. The van der Waals surface area contributed by atoms with Crippen molar-refractivity contribution in [2.45, 2.75) is 11.2 Å². The van der Waals surface area contributed by atoms with Crippen molar-refractivity contribution < 1.29 is 9.72 Å². The van der Waals surface area contributed by atoms with Gasteiger partial charge in [0.05, 0.1) is 14.2 Å². The maximum Gasteiger partial charge on any atom is 0.283 e. The van der Waals surface area contributed by atoms with Crippen molar-refractivity contribution >= 4 is 43.5 Å². The van der Waals surface area contributed by atoms with Crippen molar-refractivity contribution in [3.05, 3.63) is 38.3 Å². The first kappa shape index (κ1) is 13.1. The number of benzene rings is 1. The number of primary amides is 1. The van der Waals surface area contributed by atoms with Gasteiger partial charge in [-0.3, -0.25) is 14.9 Å². The normalized spacial score (nSPS) is 12.1. The number of amides is 1. The minimum absolute atomic E-state index is 0.00560. The minimum atomic E-state index is -0.479. The standard InChI is InChI=1S/C9H8Br2N2O3/c10-6-3-5(4-7(11)9(12)14)1-2-8(6)13(15)16/h1-3,7H,4H2,(H2,12,14). The van der Waals surface area contributed by atoms with E-state index in [1.165, 1.54) is 6.07 Å².